The fourth-order valence-corrected chi connectivity index (χ4v) is 3.04. The number of rotatable bonds is 10. The number of ether oxygens (including phenoxy) is 1. The van der Waals surface area contributed by atoms with Crippen LogP contribution in [-0.2, 0) is 14.4 Å². The second kappa shape index (κ2) is 12.5. The average Bonchev–Trinajstić information content (AvgIpc) is 2.85. The van der Waals surface area contributed by atoms with Crippen molar-refractivity contribution in [3.63, 3.8) is 0 Å². The summed E-state index contributed by atoms with van der Waals surface area (Å²) in [4.78, 5) is 41.9. The molecule has 0 aliphatic rings. The summed E-state index contributed by atoms with van der Waals surface area (Å²) < 4.78 is 5.39. The van der Waals surface area contributed by atoms with E-state index in [4.69, 9.17) is 9.57 Å². The van der Waals surface area contributed by atoms with E-state index in [0.717, 1.165) is 11.8 Å². The van der Waals surface area contributed by atoms with E-state index in [1.165, 1.54) is 0 Å². The van der Waals surface area contributed by atoms with Gasteiger partial charge in [0.1, 0.15) is 12.0 Å². The smallest absolute Gasteiger partial charge is 0.270 e. The molecule has 3 aromatic carbocycles. The first-order valence-electron chi connectivity index (χ1n) is 10.9. The number of para-hydroxylation sites is 2. The zero-order valence-corrected chi connectivity index (χ0v) is 19.4. The van der Waals surface area contributed by atoms with E-state index >= 15 is 0 Å². The first-order chi connectivity index (χ1) is 17.0. The molecule has 0 spiro atoms. The number of carbonyl (C=O) groups excluding carboxylic acids is 3. The minimum absolute atomic E-state index is 0.274. The lowest BCUT2D eigenvalue weighted by Gasteiger charge is -2.11. The Morgan fingerprint density at radius 2 is 1.54 bits per heavy atom. The first kappa shape index (κ1) is 25.0. The monoisotopic (exact) mass is 474 g/mol. The largest absolute Gasteiger partial charge is 0.494 e. The number of amides is 3. The predicted octanol–water partition coefficient (Wildman–Crippen LogP) is 4.23. The molecule has 0 aliphatic heterocycles. The fourth-order valence-electron chi connectivity index (χ4n) is 3.04. The van der Waals surface area contributed by atoms with Gasteiger partial charge in [-0.2, -0.15) is 0 Å². The molecule has 3 rings (SSSR count). The molecule has 0 bridgehead atoms. The fraction of sp³-hybridized carbons (Fsp3) is 0.154. The van der Waals surface area contributed by atoms with Gasteiger partial charge in [0.2, 0.25) is 0 Å². The van der Waals surface area contributed by atoms with Gasteiger partial charge in [-0.15, -0.1) is 0 Å². The van der Waals surface area contributed by atoms with Crippen molar-refractivity contribution in [2.24, 2.45) is 5.16 Å². The number of anilines is 3. The molecule has 3 N–H and O–H groups in total. The summed E-state index contributed by atoms with van der Waals surface area (Å²) in [6, 6.07) is 20.8. The van der Waals surface area contributed by atoms with Gasteiger partial charge in [0, 0.05) is 11.4 Å². The van der Waals surface area contributed by atoms with Crippen LogP contribution in [0.4, 0.5) is 17.1 Å². The molecule has 3 aromatic rings. The maximum Gasteiger partial charge on any atom is 0.270 e. The van der Waals surface area contributed by atoms with E-state index in [1.807, 2.05) is 26.0 Å². The topological polar surface area (TPSA) is 118 Å². The lowest BCUT2D eigenvalue weighted by molar-refractivity contribution is -0.120. The molecule has 0 radical (unpaired) electrons. The highest BCUT2D eigenvalue weighted by Gasteiger charge is 2.14. The van der Waals surface area contributed by atoms with E-state index in [2.05, 4.69) is 21.1 Å². The van der Waals surface area contributed by atoms with Crippen molar-refractivity contribution in [1.82, 2.24) is 0 Å². The Hall–Kier alpha value is -4.66. The standard InChI is InChI=1S/C26H26N4O5/c1-3-34-20-14-12-19(13-15-20)28-26(33)21-9-5-7-11-23(21)30-25(32)17-35-27-16-24(31)29-22-10-6-4-8-18(22)2/h4-16H,3,17H2,1-2H3,(H,28,33)(H,29,31)(H,30,32)/b27-16-. The Balaban J connectivity index is 1.51. The van der Waals surface area contributed by atoms with E-state index in [9.17, 15) is 14.4 Å². The molecule has 3 amide bonds. The third kappa shape index (κ3) is 7.71. The van der Waals surface area contributed by atoms with Crippen LogP contribution in [0.15, 0.2) is 78.0 Å². The molecule has 9 nitrogen and oxygen atoms in total. The van der Waals surface area contributed by atoms with Crippen molar-refractivity contribution in [2.45, 2.75) is 13.8 Å². The molecule has 0 atom stereocenters. The summed E-state index contributed by atoms with van der Waals surface area (Å²) in [7, 11) is 0. The lowest BCUT2D eigenvalue weighted by atomic mass is 10.1. The summed E-state index contributed by atoms with van der Waals surface area (Å²) >= 11 is 0. The molecule has 9 heteroatoms. The van der Waals surface area contributed by atoms with Crippen molar-refractivity contribution in [3.8, 4) is 5.75 Å². The lowest BCUT2D eigenvalue weighted by Crippen LogP contribution is -2.21. The molecule has 0 aliphatic carbocycles. The Bertz CT molecular complexity index is 1210. The van der Waals surface area contributed by atoms with Gasteiger partial charge in [0.05, 0.1) is 17.9 Å². The highest BCUT2D eigenvalue weighted by molar-refractivity contribution is 6.31. The maximum absolute atomic E-state index is 12.7. The number of nitrogens with one attached hydrogen (secondary N) is 3. The second-order valence-electron chi connectivity index (χ2n) is 7.32. The van der Waals surface area contributed by atoms with Crippen molar-refractivity contribution in [3.05, 3.63) is 83.9 Å². The zero-order chi connectivity index (χ0) is 25.0. The van der Waals surface area contributed by atoms with Gasteiger partial charge in [0.15, 0.2) is 6.61 Å². The van der Waals surface area contributed by atoms with Crippen LogP contribution in [0.25, 0.3) is 0 Å². The van der Waals surface area contributed by atoms with Gasteiger partial charge in [-0.1, -0.05) is 35.5 Å². The summed E-state index contributed by atoms with van der Waals surface area (Å²) in [5.74, 6) is -0.718. The van der Waals surface area contributed by atoms with Crippen LogP contribution >= 0.6 is 0 Å². The summed E-state index contributed by atoms with van der Waals surface area (Å²) in [6.45, 7) is 3.86. The van der Waals surface area contributed by atoms with E-state index in [-0.39, 0.29) is 5.56 Å². The third-order valence-corrected chi connectivity index (χ3v) is 4.71. The quantitative estimate of drug-likeness (QED) is 0.300. The number of benzene rings is 3. The highest BCUT2D eigenvalue weighted by Crippen LogP contribution is 2.20. The van der Waals surface area contributed by atoms with Gasteiger partial charge < -0.3 is 25.5 Å². The predicted molar refractivity (Wildman–Crippen MR) is 135 cm³/mol. The van der Waals surface area contributed by atoms with Crippen LogP contribution in [0.2, 0.25) is 0 Å². The molecule has 0 heterocycles. The minimum Gasteiger partial charge on any atom is -0.494 e. The number of hydrogen-bond acceptors (Lipinski definition) is 6. The van der Waals surface area contributed by atoms with Crippen molar-refractivity contribution >= 4 is 41.0 Å². The van der Waals surface area contributed by atoms with Crippen molar-refractivity contribution in [1.29, 1.82) is 0 Å². The van der Waals surface area contributed by atoms with E-state index < -0.39 is 24.3 Å². The van der Waals surface area contributed by atoms with Crippen LogP contribution in [0.1, 0.15) is 22.8 Å². The van der Waals surface area contributed by atoms with Crippen LogP contribution in [-0.4, -0.2) is 37.1 Å². The molecule has 0 unspecified atom stereocenters. The maximum atomic E-state index is 12.7. The Morgan fingerprint density at radius 3 is 2.26 bits per heavy atom. The number of hydrogen-bond donors (Lipinski definition) is 3. The molecular weight excluding hydrogens is 448 g/mol. The van der Waals surface area contributed by atoms with Crippen molar-refractivity contribution in [2.75, 3.05) is 29.2 Å². The molecule has 0 aromatic heterocycles. The molecular formula is C26H26N4O5. The SMILES string of the molecule is CCOc1ccc(NC(=O)c2ccccc2NC(=O)CO/N=C\C(=O)Nc2ccccc2C)cc1. The van der Waals surface area contributed by atoms with Crippen LogP contribution in [0, 0.1) is 6.92 Å². The van der Waals surface area contributed by atoms with Gasteiger partial charge in [0.25, 0.3) is 17.7 Å². The van der Waals surface area contributed by atoms with E-state index in [1.54, 1.807) is 60.7 Å². The van der Waals surface area contributed by atoms with Gasteiger partial charge >= 0.3 is 0 Å². The highest BCUT2D eigenvalue weighted by atomic mass is 16.6. The normalized spacial score (nSPS) is 10.5. The summed E-state index contributed by atoms with van der Waals surface area (Å²) in [5, 5.41) is 11.6. The first-order valence-corrected chi connectivity index (χ1v) is 10.9. The number of carbonyl (C=O) groups is 3. The van der Waals surface area contributed by atoms with Crippen LogP contribution < -0.4 is 20.7 Å². The molecule has 0 saturated heterocycles. The molecule has 180 valence electrons. The number of nitrogens with zero attached hydrogens (tertiary/aromatic N) is 1. The van der Waals surface area contributed by atoms with Crippen molar-refractivity contribution < 1.29 is 24.0 Å². The van der Waals surface area contributed by atoms with Crippen LogP contribution in [0.5, 0.6) is 5.75 Å². The number of oxime groups is 1. The van der Waals surface area contributed by atoms with Gasteiger partial charge in [-0.3, -0.25) is 14.4 Å². The van der Waals surface area contributed by atoms with Crippen LogP contribution in [0.3, 0.4) is 0 Å². The van der Waals surface area contributed by atoms with E-state index in [0.29, 0.717) is 29.4 Å². The number of aryl methyl sites for hydroxylation is 1. The average molecular weight is 475 g/mol. The summed E-state index contributed by atoms with van der Waals surface area (Å²) in [5.41, 5.74) is 2.73. The van der Waals surface area contributed by atoms with Gasteiger partial charge in [-0.25, -0.2) is 0 Å². The third-order valence-electron chi connectivity index (χ3n) is 4.71. The Labute approximate surface area is 203 Å². The molecule has 0 saturated carbocycles. The Morgan fingerprint density at radius 1 is 0.857 bits per heavy atom. The molecule has 0 fully saturated rings. The zero-order valence-electron chi connectivity index (χ0n) is 19.4. The van der Waals surface area contributed by atoms with Gasteiger partial charge in [-0.05, 0) is 61.9 Å². The summed E-state index contributed by atoms with van der Waals surface area (Å²) in [6.07, 6.45) is 0.942. The second-order valence-corrected chi connectivity index (χ2v) is 7.32. The minimum atomic E-state index is -0.539. The Kier molecular flexibility index (Phi) is 8.95. The molecule has 35 heavy (non-hydrogen) atoms.